The van der Waals surface area contributed by atoms with Crippen LogP contribution in [-0.4, -0.2) is 0 Å². The quantitative estimate of drug-likeness (QED) is 0.633. The molecule has 0 aliphatic heterocycles. The molecule has 0 nitrogen and oxygen atoms in total. The number of allylic oxidation sites excluding steroid dienone is 1. The second kappa shape index (κ2) is 8.11. The van der Waals surface area contributed by atoms with E-state index < -0.39 is 7.26 Å². The molecule has 0 saturated carbocycles. The van der Waals surface area contributed by atoms with Crippen LogP contribution in [0.3, 0.4) is 0 Å². The number of hydrogen-bond acceptors (Lipinski definition) is 0. The molecule has 0 aliphatic carbocycles. The summed E-state index contributed by atoms with van der Waals surface area (Å²) in [6, 6.07) is 32.6. The standard InChI is InChI=1S/C21H20P.ClH/c1-2-18-22(19-12-6-3-7-13-19,20-14-8-4-9-15-20)21-16-10-5-11-17-21;/h2-18H,1H3;1H/q+1;/p-1. The van der Waals surface area contributed by atoms with Gasteiger partial charge < -0.3 is 12.4 Å². The first kappa shape index (κ1) is 17.5. The molecule has 2 heteroatoms. The molecule has 0 atom stereocenters. The fourth-order valence-corrected chi connectivity index (χ4v) is 6.70. The van der Waals surface area contributed by atoms with Crippen LogP contribution in [0.25, 0.3) is 0 Å². The molecule has 0 aliphatic rings. The Morgan fingerprint density at radius 2 is 0.870 bits per heavy atom. The van der Waals surface area contributed by atoms with Gasteiger partial charge in [0.2, 0.25) is 0 Å². The normalized spacial score (nSPS) is 11.2. The van der Waals surface area contributed by atoms with Gasteiger partial charge in [-0.3, -0.25) is 0 Å². The first-order chi connectivity index (χ1) is 10.9. The van der Waals surface area contributed by atoms with Gasteiger partial charge in [-0.1, -0.05) is 60.7 Å². The van der Waals surface area contributed by atoms with Gasteiger partial charge in [-0.2, -0.15) is 0 Å². The Morgan fingerprint density at radius 3 is 1.13 bits per heavy atom. The third-order valence-electron chi connectivity index (χ3n) is 3.86. The minimum atomic E-state index is -1.73. The average molecular weight is 339 g/mol. The summed E-state index contributed by atoms with van der Waals surface area (Å²) in [7, 11) is -1.73. The van der Waals surface area contributed by atoms with Gasteiger partial charge in [-0.05, 0) is 43.3 Å². The van der Waals surface area contributed by atoms with E-state index >= 15 is 0 Å². The second-order valence-corrected chi connectivity index (χ2v) is 8.50. The van der Waals surface area contributed by atoms with Crippen LogP contribution in [0, 0.1) is 0 Å². The minimum absolute atomic E-state index is 0. The highest BCUT2D eigenvalue weighted by Gasteiger charge is 2.42. The van der Waals surface area contributed by atoms with E-state index in [4.69, 9.17) is 0 Å². The van der Waals surface area contributed by atoms with Gasteiger partial charge >= 0.3 is 0 Å². The lowest BCUT2D eigenvalue weighted by molar-refractivity contribution is -0.00000428. The lowest BCUT2D eigenvalue weighted by Crippen LogP contribution is -3.00. The summed E-state index contributed by atoms with van der Waals surface area (Å²) in [5.41, 5.74) is 0. The van der Waals surface area contributed by atoms with Gasteiger partial charge in [0.05, 0.1) is 5.82 Å². The van der Waals surface area contributed by atoms with Crippen LogP contribution >= 0.6 is 7.26 Å². The van der Waals surface area contributed by atoms with Crippen LogP contribution in [0.2, 0.25) is 0 Å². The number of benzene rings is 3. The molecule has 3 rings (SSSR count). The highest BCUT2D eigenvalue weighted by Crippen LogP contribution is 2.56. The van der Waals surface area contributed by atoms with Gasteiger partial charge in [0, 0.05) is 0 Å². The Kier molecular flexibility index (Phi) is 6.16. The molecule has 0 radical (unpaired) electrons. The van der Waals surface area contributed by atoms with E-state index in [0.717, 1.165) is 0 Å². The lowest BCUT2D eigenvalue weighted by atomic mass is 10.4. The van der Waals surface area contributed by atoms with Gasteiger partial charge in [0.15, 0.2) is 0 Å². The molecule has 23 heavy (non-hydrogen) atoms. The van der Waals surface area contributed by atoms with E-state index in [2.05, 4.69) is 110 Å². The van der Waals surface area contributed by atoms with Gasteiger partial charge in [0.25, 0.3) is 0 Å². The fraction of sp³-hybridized carbons (Fsp3) is 0.0476. The lowest BCUT2D eigenvalue weighted by Gasteiger charge is -2.23. The third kappa shape index (κ3) is 3.39. The predicted molar refractivity (Wildman–Crippen MR) is 100.0 cm³/mol. The minimum Gasteiger partial charge on any atom is -1.00 e. The Hall–Kier alpha value is -1.88. The van der Waals surface area contributed by atoms with Crippen LogP contribution in [0.1, 0.15) is 6.92 Å². The number of hydrogen-bond donors (Lipinski definition) is 0. The molecule has 0 N–H and O–H groups in total. The zero-order valence-electron chi connectivity index (χ0n) is 13.1. The van der Waals surface area contributed by atoms with Crippen molar-refractivity contribution in [1.82, 2.24) is 0 Å². The maximum Gasteiger partial charge on any atom is 0.136 e. The average Bonchev–Trinajstić information content (AvgIpc) is 2.62. The highest BCUT2D eigenvalue weighted by molar-refractivity contribution is 7.98. The predicted octanol–water partition coefficient (Wildman–Crippen LogP) is 1.52. The Balaban J connectivity index is 0.00000192. The van der Waals surface area contributed by atoms with Crippen LogP contribution < -0.4 is 28.3 Å². The van der Waals surface area contributed by atoms with Gasteiger partial charge in [0.1, 0.15) is 23.2 Å². The highest BCUT2D eigenvalue weighted by atomic mass is 35.5. The number of rotatable bonds is 4. The summed E-state index contributed by atoms with van der Waals surface area (Å²) in [4.78, 5) is 0. The second-order valence-electron chi connectivity index (χ2n) is 5.21. The van der Waals surface area contributed by atoms with E-state index in [1.807, 2.05) is 0 Å². The summed E-state index contributed by atoms with van der Waals surface area (Å²) in [6.45, 7) is 2.11. The summed E-state index contributed by atoms with van der Waals surface area (Å²) >= 11 is 0. The van der Waals surface area contributed by atoms with Crippen LogP contribution in [-0.2, 0) is 0 Å². The molecule has 116 valence electrons. The monoisotopic (exact) mass is 338 g/mol. The van der Waals surface area contributed by atoms with Crippen molar-refractivity contribution in [2.24, 2.45) is 0 Å². The van der Waals surface area contributed by atoms with Crippen molar-refractivity contribution < 1.29 is 12.4 Å². The molecule has 0 bridgehead atoms. The van der Waals surface area contributed by atoms with Crippen molar-refractivity contribution in [1.29, 1.82) is 0 Å². The van der Waals surface area contributed by atoms with Crippen LogP contribution in [0.5, 0.6) is 0 Å². The van der Waals surface area contributed by atoms with Crippen molar-refractivity contribution in [2.75, 3.05) is 0 Å². The topological polar surface area (TPSA) is 0 Å². The van der Waals surface area contributed by atoms with Gasteiger partial charge in [-0.15, -0.1) is 0 Å². The molecule has 0 aromatic heterocycles. The van der Waals surface area contributed by atoms with Crippen LogP contribution in [0.4, 0.5) is 0 Å². The van der Waals surface area contributed by atoms with Crippen molar-refractivity contribution in [2.45, 2.75) is 6.92 Å². The van der Waals surface area contributed by atoms with E-state index in [1.165, 1.54) is 15.9 Å². The van der Waals surface area contributed by atoms with E-state index in [0.29, 0.717) is 0 Å². The van der Waals surface area contributed by atoms with Gasteiger partial charge in [-0.25, -0.2) is 0 Å². The van der Waals surface area contributed by atoms with Crippen molar-refractivity contribution in [3.8, 4) is 0 Å². The molecule has 3 aromatic carbocycles. The molecule has 0 unspecified atom stereocenters. The van der Waals surface area contributed by atoms with Crippen LogP contribution in [0.15, 0.2) is 103 Å². The first-order valence-corrected chi connectivity index (χ1v) is 9.43. The van der Waals surface area contributed by atoms with E-state index in [9.17, 15) is 0 Å². The third-order valence-corrected chi connectivity index (χ3v) is 7.95. The molecule has 0 amide bonds. The summed E-state index contributed by atoms with van der Waals surface area (Å²) < 4.78 is 0. The molecule has 3 aromatic rings. The summed E-state index contributed by atoms with van der Waals surface area (Å²) in [5.74, 6) is 2.41. The van der Waals surface area contributed by atoms with Crippen molar-refractivity contribution >= 4 is 23.2 Å². The van der Waals surface area contributed by atoms with Crippen molar-refractivity contribution in [3.05, 3.63) is 103 Å². The molecule has 0 spiro atoms. The Bertz CT molecular complexity index is 640. The van der Waals surface area contributed by atoms with E-state index in [1.54, 1.807) is 0 Å². The largest absolute Gasteiger partial charge is 1.00 e. The first-order valence-electron chi connectivity index (χ1n) is 7.57. The summed E-state index contributed by atoms with van der Waals surface area (Å²) in [6.07, 6.45) is 2.20. The zero-order valence-corrected chi connectivity index (χ0v) is 14.8. The Morgan fingerprint density at radius 1 is 0.565 bits per heavy atom. The Labute approximate surface area is 145 Å². The molecule has 0 saturated heterocycles. The fourth-order valence-electron chi connectivity index (χ4n) is 2.92. The number of halogens is 1. The van der Waals surface area contributed by atoms with E-state index in [-0.39, 0.29) is 12.4 Å². The molecule has 0 fully saturated rings. The molecule has 0 heterocycles. The SMILES string of the molecule is CC=C[P+](c1ccccc1)(c1ccccc1)c1ccccc1.[Cl-]. The summed E-state index contributed by atoms with van der Waals surface area (Å²) in [5, 5.41) is 4.18. The molecular weight excluding hydrogens is 319 g/mol. The molecular formula is C21H20ClP. The zero-order chi connectivity index (χ0) is 15.3. The smallest absolute Gasteiger partial charge is 0.136 e. The maximum atomic E-state index is 2.41. The maximum absolute atomic E-state index is 2.41. The van der Waals surface area contributed by atoms with Crippen molar-refractivity contribution in [3.63, 3.8) is 0 Å².